The number of esters is 1. The molecule has 1 atom stereocenters. The molecule has 0 saturated carbocycles. The molecule has 0 N–H and O–H groups in total. The van der Waals surface area contributed by atoms with Crippen LogP contribution in [0.1, 0.15) is 26.7 Å². The van der Waals surface area contributed by atoms with Gasteiger partial charge in [0.25, 0.3) is 0 Å². The van der Waals surface area contributed by atoms with Crippen LogP contribution in [0, 0.1) is 5.92 Å². The van der Waals surface area contributed by atoms with E-state index in [0.29, 0.717) is 6.61 Å². The number of carbonyl (C=O) groups excluding carboxylic acids is 1. The second kappa shape index (κ2) is 6.53. The Hall–Kier alpha value is -0.180. The van der Waals surface area contributed by atoms with Gasteiger partial charge in [0.15, 0.2) is 0 Å². The first-order chi connectivity index (χ1) is 5.22. The van der Waals surface area contributed by atoms with Gasteiger partial charge in [-0.15, -0.1) is 0 Å². The molecule has 0 heterocycles. The Kier molecular flexibility index (Phi) is 6.42. The monoisotopic (exact) mass is 176 g/mol. The molecule has 66 valence electrons. The van der Waals surface area contributed by atoms with Crippen molar-refractivity contribution in [2.24, 2.45) is 5.92 Å². The molecule has 0 aromatic rings. The normalized spacial score (nSPS) is 12.6. The van der Waals surface area contributed by atoms with Gasteiger partial charge in [-0.05, 0) is 18.6 Å². The predicted octanol–water partition coefficient (Wildman–Crippen LogP) is 1.90. The quantitative estimate of drug-likeness (QED) is 0.393. The van der Waals surface area contributed by atoms with Gasteiger partial charge in [-0.25, -0.2) is 0 Å². The van der Waals surface area contributed by atoms with Crippen molar-refractivity contribution in [2.45, 2.75) is 26.7 Å². The molecule has 0 spiro atoms. The minimum Gasteiger partial charge on any atom is -0.465 e. The Balaban J connectivity index is 3.36. The maximum atomic E-state index is 11.0. The summed E-state index contributed by atoms with van der Waals surface area (Å²) in [6.45, 7) is 4.36. The van der Waals surface area contributed by atoms with E-state index in [1.54, 1.807) is 0 Å². The van der Waals surface area contributed by atoms with Crippen LogP contribution >= 0.6 is 12.6 Å². The van der Waals surface area contributed by atoms with E-state index in [-0.39, 0.29) is 11.9 Å². The van der Waals surface area contributed by atoms with E-state index in [1.165, 1.54) is 0 Å². The van der Waals surface area contributed by atoms with Crippen LogP contribution in [-0.4, -0.2) is 18.3 Å². The van der Waals surface area contributed by atoms with Crippen LogP contribution < -0.4 is 0 Å². The Morgan fingerprint density at radius 3 is 2.73 bits per heavy atom. The molecule has 0 aliphatic carbocycles. The second-order valence-electron chi connectivity index (χ2n) is 2.55. The van der Waals surface area contributed by atoms with Crippen molar-refractivity contribution in [3.63, 3.8) is 0 Å². The fraction of sp³-hybridized carbons (Fsp3) is 0.875. The summed E-state index contributed by atoms with van der Waals surface area (Å²) in [7, 11) is 0. The summed E-state index contributed by atoms with van der Waals surface area (Å²) in [4.78, 5) is 11.0. The van der Waals surface area contributed by atoms with E-state index in [2.05, 4.69) is 12.6 Å². The molecule has 0 bridgehead atoms. The summed E-state index contributed by atoms with van der Waals surface area (Å²) >= 11 is 4.01. The van der Waals surface area contributed by atoms with Gasteiger partial charge in [0.05, 0.1) is 12.5 Å². The largest absolute Gasteiger partial charge is 0.465 e. The first kappa shape index (κ1) is 10.8. The first-order valence-electron chi connectivity index (χ1n) is 3.99. The molecule has 0 amide bonds. The van der Waals surface area contributed by atoms with Crippen LogP contribution in [0.3, 0.4) is 0 Å². The number of ether oxygens (including phenoxy) is 1. The molecule has 0 radical (unpaired) electrons. The topological polar surface area (TPSA) is 26.3 Å². The zero-order chi connectivity index (χ0) is 8.69. The van der Waals surface area contributed by atoms with Gasteiger partial charge < -0.3 is 4.74 Å². The molecule has 0 aromatic heterocycles. The van der Waals surface area contributed by atoms with Gasteiger partial charge in [-0.1, -0.05) is 13.8 Å². The third-order valence-corrected chi connectivity index (χ3v) is 1.88. The summed E-state index contributed by atoms with van der Waals surface area (Å²) in [5.41, 5.74) is 0. The summed E-state index contributed by atoms with van der Waals surface area (Å²) in [6, 6.07) is 0. The van der Waals surface area contributed by atoms with Crippen LogP contribution in [0.15, 0.2) is 0 Å². The molecular weight excluding hydrogens is 160 g/mol. The van der Waals surface area contributed by atoms with E-state index in [1.807, 2.05) is 13.8 Å². The fourth-order valence-corrected chi connectivity index (χ4v) is 0.675. The number of rotatable bonds is 5. The molecule has 1 unspecified atom stereocenters. The highest BCUT2D eigenvalue weighted by Crippen LogP contribution is 2.03. The van der Waals surface area contributed by atoms with Crippen LogP contribution in [0.5, 0.6) is 0 Å². The van der Waals surface area contributed by atoms with Crippen molar-refractivity contribution in [1.82, 2.24) is 0 Å². The molecule has 0 aromatic carbocycles. The molecular formula is C8H16O2S. The highest BCUT2D eigenvalue weighted by Gasteiger charge is 2.10. The van der Waals surface area contributed by atoms with Gasteiger partial charge in [-0.2, -0.15) is 12.6 Å². The van der Waals surface area contributed by atoms with Crippen LogP contribution in [0.4, 0.5) is 0 Å². The number of carbonyl (C=O) groups is 1. The SMILES string of the molecule is CCC(C)C(=O)OCCCS. The van der Waals surface area contributed by atoms with Gasteiger partial charge >= 0.3 is 5.97 Å². The minimum atomic E-state index is -0.0886. The maximum Gasteiger partial charge on any atom is 0.308 e. The lowest BCUT2D eigenvalue weighted by Gasteiger charge is -2.07. The van der Waals surface area contributed by atoms with Crippen molar-refractivity contribution in [3.05, 3.63) is 0 Å². The zero-order valence-electron chi connectivity index (χ0n) is 7.17. The molecule has 0 saturated heterocycles. The van der Waals surface area contributed by atoms with Gasteiger partial charge in [0.2, 0.25) is 0 Å². The Labute approximate surface area is 73.7 Å². The van der Waals surface area contributed by atoms with Gasteiger partial charge in [-0.3, -0.25) is 4.79 Å². The number of thiol groups is 1. The molecule has 0 aliphatic rings. The third kappa shape index (κ3) is 5.13. The van der Waals surface area contributed by atoms with Crippen LogP contribution in [0.25, 0.3) is 0 Å². The third-order valence-electron chi connectivity index (χ3n) is 1.56. The lowest BCUT2D eigenvalue weighted by atomic mass is 10.1. The summed E-state index contributed by atoms with van der Waals surface area (Å²) < 4.78 is 4.95. The smallest absolute Gasteiger partial charge is 0.308 e. The standard InChI is InChI=1S/C8H16O2S/c1-3-7(2)8(9)10-5-4-6-11/h7,11H,3-6H2,1-2H3. The lowest BCUT2D eigenvalue weighted by molar-refractivity contribution is -0.147. The molecule has 0 rings (SSSR count). The minimum absolute atomic E-state index is 0.0370. The summed E-state index contributed by atoms with van der Waals surface area (Å²) in [5.74, 6) is 0.720. The van der Waals surface area contributed by atoms with Crippen molar-refractivity contribution < 1.29 is 9.53 Å². The van der Waals surface area contributed by atoms with Crippen LogP contribution in [0.2, 0.25) is 0 Å². The Morgan fingerprint density at radius 1 is 1.64 bits per heavy atom. The Morgan fingerprint density at radius 2 is 2.27 bits per heavy atom. The van der Waals surface area contributed by atoms with E-state index in [9.17, 15) is 4.79 Å². The molecule has 0 fully saturated rings. The van der Waals surface area contributed by atoms with Gasteiger partial charge in [0.1, 0.15) is 0 Å². The fourth-order valence-electron chi connectivity index (χ4n) is 0.546. The lowest BCUT2D eigenvalue weighted by Crippen LogP contribution is -2.14. The van der Waals surface area contributed by atoms with E-state index in [4.69, 9.17) is 4.74 Å². The summed E-state index contributed by atoms with van der Waals surface area (Å²) in [6.07, 6.45) is 1.69. The molecule has 3 heteroatoms. The maximum absolute atomic E-state index is 11.0. The van der Waals surface area contributed by atoms with Crippen molar-refractivity contribution >= 4 is 18.6 Å². The Bertz CT molecular complexity index is 115. The predicted molar refractivity (Wildman–Crippen MR) is 48.9 cm³/mol. The average Bonchev–Trinajstić information content (AvgIpc) is 2.03. The zero-order valence-corrected chi connectivity index (χ0v) is 8.06. The van der Waals surface area contributed by atoms with Gasteiger partial charge in [0, 0.05) is 0 Å². The molecule has 11 heavy (non-hydrogen) atoms. The molecule has 2 nitrogen and oxygen atoms in total. The van der Waals surface area contributed by atoms with Crippen LogP contribution in [-0.2, 0) is 9.53 Å². The molecule has 0 aliphatic heterocycles. The number of hydrogen-bond acceptors (Lipinski definition) is 3. The second-order valence-corrected chi connectivity index (χ2v) is 3.00. The van der Waals surface area contributed by atoms with Crippen molar-refractivity contribution in [2.75, 3.05) is 12.4 Å². The van der Waals surface area contributed by atoms with E-state index in [0.717, 1.165) is 18.6 Å². The highest BCUT2D eigenvalue weighted by atomic mass is 32.1. The van der Waals surface area contributed by atoms with E-state index >= 15 is 0 Å². The highest BCUT2D eigenvalue weighted by molar-refractivity contribution is 7.80. The van der Waals surface area contributed by atoms with Crippen molar-refractivity contribution in [1.29, 1.82) is 0 Å². The van der Waals surface area contributed by atoms with E-state index < -0.39 is 0 Å². The summed E-state index contributed by atoms with van der Waals surface area (Å²) in [5, 5.41) is 0. The first-order valence-corrected chi connectivity index (χ1v) is 4.63. The average molecular weight is 176 g/mol. The van der Waals surface area contributed by atoms with Crippen molar-refractivity contribution in [3.8, 4) is 0 Å². The number of hydrogen-bond donors (Lipinski definition) is 1.